The average molecular weight is 396 g/mol. The molecule has 0 saturated carbocycles. The zero-order valence-electron chi connectivity index (χ0n) is 16.9. The van der Waals surface area contributed by atoms with Gasteiger partial charge in [-0.3, -0.25) is 4.79 Å². The normalized spacial score (nSPS) is 15.3. The Morgan fingerprint density at radius 2 is 1.79 bits per heavy atom. The van der Waals surface area contributed by atoms with Gasteiger partial charge in [0.2, 0.25) is 0 Å². The number of hydrogen-bond donors (Lipinski definition) is 0. The molecule has 146 valence electrons. The maximum atomic E-state index is 13.0. The van der Waals surface area contributed by atoms with E-state index in [-0.39, 0.29) is 5.91 Å². The van der Waals surface area contributed by atoms with Crippen LogP contribution in [0.15, 0.2) is 46.2 Å². The topological polar surface area (TPSA) is 61.7 Å². The number of anilines is 2. The van der Waals surface area contributed by atoms with Crippen LogP contribution in [0.2, 0.25) is 0 Å². The van der Waals surface area contributed by atoms with Gasteiger partial charge in [0.25, 0.3) is 5.91 Å². The number of aromatic nitrogens is 2. The van der Waals surface area contributed by atoms with Gasteiger partial charge < -0.3 is 4.90 Å². The third kappa shape index (κ3) is 4.09. The first kappa shape index (κ1) is 20.1. The van der Waals surface area contributed by atoms with Crippen molar-refractivity contribution in [3.63, 3.8) is 0 Å². The summed E-state index contributed by atoms with van der Waals surface area (Å²) in [5, 5.41) is 6.42. The van der Waals surface area contributed by atoms with Crippen LogP contribution in [0.3, 0.4) is 0 Å². The van der Waals surface area contributed by atoms with Gasteiger partial charge in [0.15, 0.2) is 11.0 Å². The summed E-state index contributed by atoms with van der Waals surface area (Å²) in [6.07, 6.45) is 3.79. The van der Waals surface area contributed by atoms with E-state index in [0.717, 1.165) is 24.3 Å². The number of carbonyl (C=O) groups excluding carboxylic acids is 1. The van der Waals surface area contributed by atoms with Gasteiger partial charge in [-0.2, -0.15) is 10.1 Å². The van der Waals surface area contributed by atoms with Crippen molar-refractivity contribution in [1.82, 2.24) is 9.97 Å². The molecule has 0 spiro atoms. The maximum Gasteiger partial charge on any atom is 0.282 e. The van der Waals surface area contributed by atoms with E-state index in [1.54, 1.807) is 6.07 Å². The van der Waals surface area contributed by atoms with Crippen LogP contribution in [0.4, 0.5) is 11.5 Å². The standard InChI is InChI=1S/C21H25N5OS/c1-6-25(7-2)17-10-8-16(9-11-17)13-18-15(4)24-26(20(18)27)19-12-14(3)22-21(23-19)28-5/h8-13H,6-7H2,1-5H3. The smallest absolute Gasteiger partial charge is 0.282 e. The Morgan fingerprint density at radius 1 is 1.11 bits per heavy atom. The third-order valence-electron chi connectivity index (χ3n) is 4.62. The lowest BCUT2D eigenvalue weighted by molar-refractivity contribution is -0.114. The monoisotopic (exact) mass is 395 g/mol. The van der Waals surface area contributed by atoms with E-state index in [1.807, 2.05) is 38.3 Å². The fourth-order valence-corrected chi connectivity index (χ4v) is 3.52. The fourth-order valence-electron chi connectivity index (χ4n) is 3.10. The molecule has 1 amide bonds. The van der Waals surface area contributed by atoms with Crippen LogP contribution in [0, 0.1) is 6.92 Å². The summed E-state index contributed by atoms with van der Waals surface area (Å²) in [5.41, 5.74) is 4.22. The molecule has 0 atom stereocenters. The number of nitrogens with zero attached hydrogens (tertiary/aromatic N) is 5. The first-order chi connectivity index (χ1) is 13.5. The Morgan fingerprint density at radius 3 is 2.39 bits per heavy atom. The SMILES string of the molecule is CCN(CC)c1ccc(C=C2C(=O)N(c3cc(C)nc(SC)n3)N=C2C)cc1. The highest BCUT2D eigenvalue weighted by atomic mass is 32.2. The summed E-state index contributed by atoms with van der Waals surface area (Å²) < 4.78 is 0. The Labute approximate surface area is 170 Å². The van der Waals surface area contributed by atoms with Crippen molar-refractivity contribution >= 4 is 41.0 Å². The Bertz CT molecular complexity index is 932. The number of hydrogen-bond acceptors (Lipinski definition) is 6. The van der Waals surface area contributed by atoms with Gasteiger partial charge in [-0.25, -0.2) is 9.97 Å². The lowest BCUT2D eigenvalue weighted by atomic mass is 10.1. The number of thioether (sulfide) groups is 1. The van der Waals surface area contributed by atoms with Crippen LogP contribution in [0.1, 0.15) is 32.0 Å². The lowest BCUT2D eigenvalue weighted by Crippen LogP contribution is -2.23. The number of aryl methyl sites for hydroxylation is 1. The average Bonchev–Trinajstić information content (AvgIpc) is 2.98. The van der Waals surface area contributed by atoms with E-state index < -0.39 is 0 Å². The van der Waals surface area contributed by atoms with Gasteiger partial charge in [-0.05, 0) is 57.7 Å². The predicted octanol–water partition coefficient (Wildman–Crippen LogP) is 4.16. The van der Waals surface area contributed by atoms with Crippen LogP contribution in [0.25, 0.3) is 6.08 Å². The van der Waals surface area contributed by atoms with Crippen LogP contribution in [0.5, 0.6) is 0 Å². The molecule has 0 aliphatic carbocycles. The van der Waals surface area contributed by atoms with E-state index in [4.69, 9.17) is 0 Å². The largest absolute Gasteiger partial charge is 0.372 e. The predicted molar refractivity (Wildman–Crippen MR) is 117 cm³/mol. The minimum Gasteiger partial charge on any atom is -0.372 e. The number of hydrazone groups is 1. The summed E-state index contributed by atoms with van der Waals surface area (Å²) >= 11 is 1.44. The van der Waals surface area contributed by atoms with Crippen LogP contribution < -0.4 is 9.91 Å². The second kappa shape index (κ2) is 8.56. The molecule has 1 aromatic carbocycles. The molecule has 1 aliphatic heterocycles. The molecule has 0 bridgehead atoms. The first-order valence-corrected chi connectivity index (χ1v) is 10.6. The summed E-state index contributed by atoms with van der Waals surface area (Å²) in [6.45, 7) is 9.94. The molecule has 0 N–H and O–H groups in total. The number of amides is 1. The molecule has 0 radical (unpaired) electrons. The van der Waals surface area contributed by atoms with Gasteiger partial charge in [0.1, 0.15) is 0 Å². The third-order valence-corrected chi connectivity index (χ3v) is 5.16. The molecule has 2 heterocycles. The summed E-state index contributed by atoms with van der Waals surface area (Å²) in [7, 11) is 0. The zero-order valence-corrected chi connectivity index (χ0v) is 17.7. The highest BCUT2D eigenvalue weighted by molar-refractivity contribution is 7.98. The van der Waals surface area contributed by atoms with Crippen molar-refractivity contribution in [3.05, 3.63) is 47.2 Å². The number of carbonyl (C=O) groups is 1. The minimum atomic E-state index is -0.171. The van der Waals surface area contributed by atoms with E-state index in [9.17, 15) is 4.79 Å². The van der Waals surface area contributed by atoms with Crippen molar-refractivity contribution in [1.29, 1.82) is 0 Å². The molecule has 6 nitrogen and oxygen atoms in total. The Balaban J connectivity index is 1.87. The molecule has 0 fully saturated rings. The van der Waals surface area contributed by atoms with Crippen LogP contribution in [-0.2, 0) is 4.79 Å². The molecule has 0 saturated heterocycles. The summed E-state index contributed by atoms with van der Waals surface area (Å²) in [5.74, 6) is 0.331. The fraction of sp³-hybridized carbons (Fsp3) is 0.333. The second-order valence-electron chi connectivity index (χ2n) is 6.48. The van der Waals surface area contributed by atoms with Crippen molar-refractivity contribution in [2.75, 3.05) is 29.3 Å². The first-order valence-electron chi connectivity index (χ1n) is 9.33. The molecule has 1 aromatic heterocycles. The van der Waals surface area contributed by atoms with Gasteiger partial charge in [0.05, 0.1) is 11.3 Å². The molecular formula is C21H25N5OS. The minimum absolute atomic E-state index is 0.171. The van der Waals surface area contributed by atoms with E-state index >= 15 is 0 Å². The van der Waals surface area contributed by atoms with Crippen LogP contribution in [-0.4, -0.2) is 40.9 Å². The Hall–Kier alpha value is -2.67. The lowest BCUT2D eigenvalue weighted by Gasteiger charge is -2.20. The quantitative estimate of drug-likeness (QED) is 0.418. The molecule has 0 unspecified atom stereocenters. The molecule has 3 rings (SSSR count). The van der Waals surface area contributed by atoms with E-state index in [2.05, 4.69) is 45.9 Å². The molecular weight excluding hydrogens is 370 g/mol. The van der Waals surface area contributed by atoms with Crippen molar-refractivity contribution in [3.8, 4) is 0 Å². The van der Waals surface area contributed by atoms with Gasteiger partial charge in [-0.15, -0.1) is 0 Å². The summed E-state index contributed by atoms with van der Waals surface area (Å²) in [6, 6.07) is 10.0. The molecule has 1 aliphatic rings. The van der Waals surface area contributed by atoms with Crippen LogP contribution >= 0.6 is 11.8 Å². The number of benzene rings is 1. The van der Waals surface area contributed by atoms with Crippen molar-refractivity contribution in [2.24, 2.45) is 5.10 Å². The van der Waals surface area contributed by atoms with E-state index in [1.165, 1.54) is 22.5 Å². The molecule has 28 heavy (non-hydrogen) atoms. The van der Waals surface area contributed by atoms with Crippen molar-refractivity contribution in [2.45, 2.75) is 32.9 Å². The second-order valence-corrected chi connectivity index (χ2v) is 7.25. The molecule has 7 heteroatoms. The highest BCUT2D eigenvalue weighted by Crippen LogP contribution is 2.26. The van der Waals surface area contributed by atoms with Gasteiger partial charge in [-0.1, -0.05) is 23.9 Å². The van der Waals surface area contributed by atoms with Gasteiger partial charge >= 0.3 is 0 Å². The maximum absolute atomic E-state index is 13.0. The van der Waals surface area contributed by atoms with E-state index in [0.29, 0.717) is 22.3 Å². The number of rotatable bonds is 6. The highest BCUT2D eigenvalue weighted by Gasteiger charge is 2.30. The molecule has 2 aromatic rings. The Kier molecular flexibility index (Phi) is 6.14. The zero-order chi connectivity index (χ0) is 20.3. The summed E-state index contributed by atoms with van der Waals surface area (Å²) in [4.78, 5) is 24.0. The van der Waals surface area contributed by atoms with Crippen molar-refractivity contribution < 1.29 is 4.79 Å². The van der Waals surface area contributed by atoms with Gasteiger partial charge in [0, 0.05) is 30.5 Å².